The van der Waals surface area contributed by atoms with Crippen LogP contribution in [0, 0.1) is 0 Å². The van der Waals surface area contributed by atoms with Crippen LogP contribution in [0.1, 0.15) is 24.7 Å². The largest absolute Gasteiger partial charge is 0.489 e. The van der Waals surface area contributed by atoms with Crippen molar-refractivity contribution in [2.24, 2.45) is 0 Å². The first-order valence-corrected chi connectivity index (χ1v) is 9.44. The second kappa shape index (κ2) is 10.1. The SMILES string of the molecule is CC(=O)N(CCC(=O)Nc1ccc(OCc2ccccc2)cc1)Cc1ccco1. The highest BCUT2D eigenvalue weighted by molar-refractivity contribution is 5.91. The van der Waals surface area contributed by atoms with Crippen LogP contribution < -0.4 is 10.1 Å². The molecule has 3 rings (SSSR count). The number of carbonyl (C=O) groups excluding carboxylic acids is 2. The summed E-state index contributed by atoms with van der Waals surface area (Å²) in [5, 5.41) is 2.84. The predicted octanol–water partition coefficient (Wildman–Crippen LogP) is 4.24. The van der Waals surface area contributed by atoms with Crippen molar-refractivity contribution < 1.29 is 18.7 Å². The van der Waals surface area contributed by atoms with Crippen molar-refractivity contribution in [1.29, 1.82) is 0 Å². The zero-order valence-electron chi connectivity index (χ0n) is 16.3. The number of nitrogens with zero attached hydrogens (tertiary/aromatic N) is 1. The standard InChI is InChI=1S/C23H24N2O4/c1-18(26)25(16-22-8-5-15-28-22)14-13-23(27)24-20-9-11-21(12-10-20)29-17-19-6-3-2-4-7-19/h2-12,15H,13-14,16-17H2,1H3,(H,24,27). The van der Waals surface area contributed by atoms with E-state index in [1.807, 2.05) is 42.5 Å². The molecule has 2 amide bonds. The number of furan rings is 1. The fourth-order valence-corrected chi connectivity index (χ4v) is 2.77. The average molecular weight is 392 g/mol. The van der Waals surface area contributed by atoms with E-state index in [1.54, 1.807) is 35.4 Å². The Balaban J connectivity index is 1.45. The maximum absolute atomic E-state index is 12.2. The molecule has 3 aromatic rings. The third kappa shape index (κ3) is 6.53. The van der Waals surface area contributed by atoms with Gasteiger partial charge in [0.15, 0.2) is 0 Å². The summed E-state index contributed by atoms with van der Waals surface area (Å²) in [4.78, 5) is 25.6. The number of nitrogens with one attached hydrogen (secondary N) is 1. The molecule has 0 aliphatic rings. The van der Waals surface area contributed by atoms with E-state index in [0.29, 0.717) is 31.1 Å². The van der Waals surface area contributed by atoms with Gasteiger partial charge in [-0.25, -0.2) is 0 Å². The van der Waals surface area contributed by atoms with Crippen molar-refractivity contribution in [3.05, 3.63) is 84.3 Å². The summed E-state index contributed by atoms with van der Waals surface area (Å²) < 4.78 is 11.0. The van der Waals surface area contributed by atoms with E-state index in [1.165, 1.54) is 6.92 Å². The van der Waals surface area contributed by atoms with Gasteiger partial charge in [0.2, 0.25) is 11.8 Å². The topological polar surface area (TPSA) is 71.8 Å². The zero-order valence-corrected chi connectivity index (χ0v) is 16.3. The third-order valence-electron chi connectivity index (χ3n) is 4.37. The van der Waals surface area contributed by atoms with Crippen LogP contribution >= 0.6 is 0 Å². The molecule has 0 radical (unpaired) electrons. The van der Waals surface area contributed by atoms with Gasteiger partial charge in [0.05, 0.1) is 12.8 Å². The number of hydrogen-bond acceptors (Lipinski definition) is 4. The molecular weight excluding hydrogens is 368 g/mol. The van der Waals surface area contributed by atoms with Gasteiger partial charge >= 0.3 is 0 Å². The van der Waals surface area contributed by atoms with E-state index in [9.17, 15) is 9.59 Å². The summed E-state index contributed by atoms with van der Waals surface area (Å²) in [6, 6.07) is 20.7. The van der Waals surface area contributed by atoms with E-state index < -0.39 is 0 Å². The van der Waals surface area contributed by atoms with Gasteiger partial charge in [0.1, 0.15) is 18.1 Å². The molecule has 0 fully saturated rings. The van der Waals surface area contributed by atoms with Gasteiger partial charge in [0, 0.05) is 25.6 Å². The van der Waals surface area contributed by atoms with Crippen LogP contribution in [-0.4, -0.2) is 23.3 Å². The zero-order chi connectivity index (χ0) is 20.5. The number of rotatable bonds is 9. The minimum absolute atomic E-state index is 0.103. The molecule has 6 nitrogen and oxygen atoms in total. The Morgan fingerprint density at radius 1 is 1.00 bits per heavy atom. The first-order chi connectivity index (χ1) is 14.1. The van der Waals surface area contributed by atoms with Crippen LogP contribution in [-0.2, 0) is 22.7 Å². The van der Waals surface area contributed by atoms with Crippen molar-refractivity contribution in [1.82, 2.24) is 4.90 Å². The number of amides is 2. The summed E-state index contributed by atoms with van der Waals surface area (Å²) in [7, 11) is 0. The average Bonchev–Trinajstić information content (AvgIpc) is 3.24. The molecule has 0 atom stereocenters. The second-order valence-electron chi connectivity index (χ2n) is 6.62. The number of carbonyl (C=O) groups is 2. The van der Waals surface area contributed by atoms with Crippen molar-refractivity contribution in [3.63, 3.8) is 0 Å². The van der Waals surface area contributed by atoms with Crippen LogP contribution in [0.3, 0.4) is 0 Å². The van der Waals surface area contributed by atoms with Crippen molar-refractivity contribution in [3.8, 4) is 5.75 Å². The van der Waals surface area contributed by atoms with Gasteiger partial charge < -0.3 is 19.4 Å². The molecule has 0 saturated heterocycles. The first-order valence-electron chi connectivity index (χ1n) is 9.44. The normalized spacial score (nSPS) is 10.4. The minimum Gasteiger partial charge on any atom is -0.489 e. The number of ether oxygens (including phenoxy) is 1. The first kappa shape index (κ1) is 20.2. The van der Waals surface area contributed by atoms with Gasteiger partial charge in [-0.1, -0.05) is 30.3 Å². The lowest BCUT2D eigenvalue weighted by Crippen LogP contribution is -2.31. The molecule has 0 saturated carbocycles. The van der Waals surface area contributed by atoms with Gasteiger partial charge in [0.25, 0.3) is 0 Å². The molecule has 1 heterocycles. The highest BCUT2D eigenvalue weighted by Crippen LogP contribution is 2.17. The van der Waals surface area contributed by atoms with Crippen LogP contribution in [0.25, 0.3) is 0 Å². The van der Waals surface area contributed by atoms with Crippen molar-refractivity contribution >= 4 is 17.5 Å². The quantitative estimate of drug-likeness (QED) is 0.591. The lowest BCUT2D eigenvalue weighted by molar-refractivity contribution is -0.130. The number of benzene rings is 2. The van der Waals surface area contributed by atoms with E-state index >= 15 is 0 Å². The van der Waals surface area contributed by atoms with Crippen molar-refractivity contribution in [2.45, 2.75) is 26.5 Å². The summed E-state index contributed by atoms with van der Waals surface area (Å²) in [6.07, 6.45) is 1.76. The highest BCUT2D eigenvalue weighted by atomic mass is 16.5. The lowest BCUT2D eigenvalue weighted by atomic mass is 10.2. The Labute approximate surface area is 170 Å². The smallest absolute Gasteiger partial charge is 0.226 e. The maximum atomic E-state index is 12.2. The van der Waals surface area contributed by atoms with Gasteiger partial charge in [-0.3, -0.25) is 9.59 Å². The molecule has 2 aromatic carbocycles. The fourth-order valence-electron chi connectivity index (χ4n) is 2.77. The maximum Gasteiger partial charge on any atom is 0.226 e. The van der Waals surface area contributed by atoms with Crippen molar-refractivity contribution in [2.75, 3.05) is 11.9 Å². The van der Waals surface area contributed by atoms with E-state index in [2.05, 4.69) is 5.32 Å². The number of hydrogen-bond donors (Lipinski definition) is 1. The van der Waals surface area contributed by atoms with E-state index in [0.717, 1.165) is 11.3 Å². The summed E-state index contributed by atoms with van der Waals surface area (Å²) in [5.41, 5.74) is 1.77. The molecule has 0 spiro atoms. The van der Waals surface area contributed by atoms with Crippen LogP contribution in [0.5, 0.6) is 5.75 Å². The molecule has 6 heteroatoms. The molecule has 1 aromatic heterocycles. The van der Waals surface area contributed by atoms with Crippen LogP contribution in [0.4, 0.5) is 5.69 Å². The monoisotopic (exact) mass is 392 g/mol. The summed E-state index contributed by atoms with van der Waals surface area (Å²) >= 11 is 0. The summed E-state index contributed by atoms with van der Waals surface area (Å²) in [6.45, 7) is 2.64. The molecule has 29 heavy (non-hydrogen) atoms. The van der Waals surface area contributed by atoms with Crippen LogP contribution in [0.15, 0.2) is 77.4 Å². The Hall–Kier alpha value is -3.54. The molecule has 150 valence electrons. The molecule has 0 aliphatic carbocycles. The lowest BCUT2D eigenvalue weighted by Gasteiger charge is -2.19. The Kier molecular flexibility index (Phi) is 7.05. The van der Waals surface area contributed by atoms with Gasteiger partial charge in [-0.15, -0.1) is 0 Å². The minimum atomic E-state index is -0.159. The highest BCUT2D eigenvalue weighted by Gasteiger charge is 2.13. The molecular formula is C23H24N2O4. The fraction of sp³-hybridized carbons (Fsp3) is 0.217. The molecule has 1 N–H and O–H groups in total. The molecule has 0 bridgehead atoms. The van der Waals surface area contributed by atoms with E-state index in [-0.39, 0.29) is 18.2 Å². The Morgan fingerprint density at radius 2 is 1.76 bits per heavy atom. The van der Waals surface area contributed by atoms with Crippen LogP contribution in [0.2, 0.25) is 0 Å². The Bertz CT molecular complexity index is 906. The van der Waals surface area contributed by atoms with Gasteiger partial charge in [-0.05, 0) is 42.0 Å². The summed E-state index contributed by atoms with van der Waals surface area (Å²) in [5.74, 6) is 1.16. The Morgan fingerprint density at radius 3 is 2.41 bits per heavy atom. The van der Waals surface area contributed by atoms with Gasteiger partial charge in [-0.2, -0.15) is 0 Å². The molecule has 0 aliphatic heterocycles. The number of anilines is 1. The predicted molar refractivity (Wildman–Crippen MR) is 110 cm³/mol. The van der Waals surface area contributed by atoms with E-state index in [4.69, 9.17) is 9.15 Å². The molecule has 0 unspecified atom stereocenters. The second-order valence-corrected chi connectivity index (χ2v) is 6.62. The third-order valence-corrected chi connectivity index (χ3v) is 4.37.